The quantitative estimate of drug-likeness (QED) is 0.642. The first kappa shape index (κ1) is 18.0. The molecule has 0 amide bonds. The Hall–Kier alpha value is -2.02. The zero-order valence-electron chi connectivity index (χ0n) is 15.9. The van der Waals surface area contributed by atoms with Crippen LogP contribution < -0.4 is 4.90 Å². The Morgan fingerprint density at radius 2 is 1.96 bits per heavy atom. The molecule has 0 N–H and O–H groups in total. The molecule has 1 aromatic carbocycles. The molecule has 2 saturated heterocycles. The van der Waals surface area contributed by atoms with Crippen LogP contribution in [0.25, 0.3) is 21.6 Å². The standard InChI is InChI=1S/C22H25N3O2S/c1-2-5-19-18(4-1)22(24-21(23-19)20-6-3-13-28-20)25-10-7-17(8-11-25)27-15-16-9-12-26-14-16/h1-6,13,16-17H,7-12,14-15H2. The minimum absolute atomic E-state index is 0.349. The van der Waals surface area contributed by atoms with Crippen LogP contribution in [0.15, 0.2) is 41.8 Å². The van der Waals surface area contributed by atoms with E-state index in [1.54, 1.807) is 11.3 Å². The molecule has 0 spiro atoms. The van der Waals surface area contributed by atoms with Gasteiger partial charge in [-0.05, 0) is 42.8 Å². The molecule has 6 heteroatoms. The third-order valence-corrected chi connectivity index (χ3v) is 6.52. The molecule has 5 nitrogen and oxygen atoms in total. The summed E-state index contributed by atoms with van der Waals surface area (Å²) >= 11 is 1.69. The number of aromatic nitrogens is 2. The number of anilines is 1. The van der Waals surface area contributed by atoms with Gasteiger partial charge in [0.2, 0.25) is 0 Å². The van der Waals surface area contributed by atoms with Crippen molar-refractivity contribution in [3.05, 3.63) is 41.8 Å². The van der Waals surface area contributed by atoms with E-state index >= 15 is 0 Å². The van der Waals surface area contributed by atoms with Gasteiger partial charge in [-0.25, -0.2) is 9.97 Å². The van der Waals surface area contributed by atoms with Crippen LogP contribution in [0.2, 0.25) is 0 Å². The highest BCUT2D eigenvalue weighted by Crippen LogP contribution is 2.31. The van der Waals surface area contributed by atoms with Gasteiger partial charge >= 0.3 is 0 Å². The molecule has 2 aliphatic heterocycles. The number of hydrogen-bond acceptors (Lipinski definition) is 6. The molecule has 2 aliphatic rings. The van der Waals surface area contributed by atoms with Crippen molar-refractivity contribution in [2.45, 2.75) is 25.4 Å². The van der Waals surface area contributed by atoms with Gasteiger partial charge < -0.3 is 14.4 Å². The molecule has 2 fully saturated rings. The molecular formula is C22H25N3O2S. The van der Waals surface area contributed by atoms with E-state index in [0.29, 0.717) is 12.0 Å². The highest BCUT2D eigenvalue weighted by Gasteiger charge is 2.25. The van der Waals surface area contributed by atoms with Crippen LogP contribution in [0.4, 0.5) is 5.82 Å². The van der Waals surface area contributed by atoms with E-state index in [9.17, 15) is 0 Å². The number of piperidine rings is 1. The van der Waals surface area contributed by atoms with Crippen molar-refractivity contribution < 1.29 is 9.47 Å². The van der Waals surface area contributed by atoms with Gasteiger partial charge in [-0.3, -0.25) is 0 Å². The Kier molecular flexibility index (Phi) is 5.25. The summed E-state index contributed by atoms with van der Waals surface area (Å²) in [6.45, 7) is 4.52. The largest absolute Gasteiger partial charge is 0.381 e. The minimum Gasteiger partial charge on any atom is -0.381 e. The molecule has 146 valence electrons. The molecule has 2 aromatic heterocycles. The van der Waals surface area contributed by atoms with E-state index in [-0.39, 0.29) is 0 Å². The third kappa shape index (κ3) is 3.77. The highest BCUT2D eigenvalue weighted by atomic mass is 32.1. The van der Waals surface area contributed by atoms with Gasteiger partial charge in [0.05, 0.1) is 29.7 Å². The normalized spacial score (nSPS) is 20.9. The molecule has 5 rings (SSSR count). The fraction of sp³-hybridized carbons (Fsp3) is 0.455. The second-order valence-electron chi connectivity index (χ2n) is 7.61. The SMILES string of the molecule is c1csc(-c2nc(N3CCC(OCC4CCOC4)CC3)c3ccccc3n2)c1. The third-order valence-electron chi connectivity index (χ3n) is 5.66. The zero-order valence-corrected chi connectivity index (χ0v) is 16.7. The molecule has 28 heavy (non-hydrogen) atoms. The van der Waals surface area contributed by atoms with Crippen molar-refractivity contribution in [2.75, 3.05) is 37.8 Å². The van der Waals surface area contributed by atoms with E-state index in [4.69, 9.17) is 19.4 Å². The Labute approximate surface area is 169 Å². The first-order valence-electron chi connectivity index (χ1n) is 10.1. The number of nitrogens with zero attached hydrogens (tertiary/aromatic N) is 3. The number of fused-ring (bicyclic) bond motifs is 1. The van der Waals surface area contributed by atoms with Gasteiger partial charge in [-0.2, -0.15) is 0 Å². The molecule has 0 aliphatic carbocycles. The fourth-order valence-electron chi connectivity index (χ4n) is 4.04. The Bertz CT molecular complexity index is 917. The minimum atomic E-state index is 0.349. The molecule has 4 heterocycles. The summed E-state index contributed by atoms with van der Waals surface area (Å²) in [5, 5.41) is 3.21. The lowest BCUT2D eigenvalue weighted by molar-refractivity contribution is 0.0131. The lowest BCUT2D eigenvalue weighted by Gasteiger charge is -2.33. The number of ether oxygens (including phenoxy) is 2. The summed E-state index contributed by atoms with van der Waals surface area (Å²) in [6.07, 6.45) is 3.57. The van der Waals surface area contributed by atoms with Crippen LogP contribution in [0.1, 0.15) is 19.3 Å². The Morgan fingerprint density at radius 3 is 2.75 bits per heavy atom. The number of para-hydroxylation sites is 1. The Balaban J connectivity index is 1.33. The van der Waals surface area contributed by atoms with Crippen molar-refractivity contribution in [2.24, 2.45) is 5.92 Å². The number of benzene rings is 1. The van der Waals surface area contributed by atoms with Crippen molar-refractivity contribution in [1.82, 2.24) is 9.97 Å². The first-order valence-corrected chi connectivity index (χ1v) is 11.0. The van der Waals surface area contributed by atoms with Gasteiger partial charge in [0, 0.05) is 31.0 Å². The average molecular weight is 396 g/mol. The predicted molar refractivity (Wildman–Crippen MR) is 113 cm³/mol. The number of thiophene rings is 1. The van der Waals surface area contributed by atoms with Crippen LogP contribution >= 0.6 is 11.3 Å². The predicted octanol–water partition coefficient (Wildman–Crippen LogP) is 4.38. The fourth-order valence-corrected chi connectivity index (χ4v) is 4.70. The van der Waals surface area contributed by atoms with Crippen LogP contribution in [-0.4, -0.2) is 49.0 Å². The van der Waals surface area contributed by atoms with E-state index in [0.717, 1.165) is 79.6 Å². The maximum atomic E-state index is 6.18. The molecule has 0 radical (unpaired) electrons. The topological polar surface area (TPSA) is 47.5 Å². The maximum Gasteiger partial charge on any atom is 0.172 e. The molecule has 1 atom stereocenters. The zero-order chi connectivity index (χ0) is 18.8. The average Bonchev–Trinajstić information content (AvgIpc) is 3.46. The van der Waals surface area contributed by atoms with Gasteiger partial charge in [-0.15, -0.1) is 11.3 Å². The first-order chi connectivity index (χ1) is 13.9. The summed E-state index contributed by atoms with van der Waals surface area (Å²) < 4.78 is 11.6. The van der Waals surface area contributed by atoms with Crippen molar-refractivity contribution in [1.29, 1.82) is 0 Å². The molecule has 3 aromatic rings. The van der Waals surface area contributed by atoms with Crippen molar-refractivity contribution >= 4 is 28.1 Å². The highest BCUT2D eigenvalue weighted by molar-refractivity contribution is 7.13. The van der Waals surface area contributed by atoms with Crippen LogP contribution in [-0.2, 0) is 9.47 Å². The van der Waals surface area contributed by atoms with E-state index < -0.39 is 0 Å². The lowest BCUT2D eigenvalue weighted by atomic mass is 10.1. The van der Waals surface area contributed by atoms with Gasteiger partial charge in [-0.1, -0.05) is 18.2 Å². The van der Waals surface area contributed by atoms with Gasteiger partial charge in [0.1, 0.15) is 5.82 Å². The lowest BCUT2D eigenvalue weighted by Crippen LogP contribution is -2.38. The smallest absolute Gasteiger partial charge is 0.172 e. The monoisotopic (exact) mass is 395 g/mol. The van der Waals surface area contributed by atoms with Crippen LogP contribution in [0.5, 0.6) is 0 Å². The van der Waals surface area contributed by atoms with Crippen LogP contribution in [0.3, 0.4) is 0 Å². The summed E-state index contributed by atoms with van der Waals surface area (Å²) in [4.78, 5) is 13.3. The second kappa shape index (κ2) is 8.15. The van der Waals surface area contributed by atoms with E-state index in [1.807, 2.05) is 6.07 Å². The molecular weight excluding hydrogens is 370 g/mol. The number of rotatable bonds is 5. The molecule has 1 unspecified atom stereocenters. The van der Waals surface area contributed by atoms with E-state index in [1.165, 1.54) is 0 Å². The van der Waals surface area contributed by atoms with Crippen molar-refractivity contribution in [3.8, 4) is 10.7 Å². The van der Waals surface area contributed by atoms with E-state index in [2.05, 4.69) is 40.6 Å². The summed E-state index contributed by atoms with van der Waals surface area (Å²) in [5.74, 6) is 2.46. The van der Waals surface area contributed by atoms with Crippen molar-refractivity contribution in [3.63, 3.8) is 0 Å². The maximum absolute atomic E-state index is 6.18. The van der Waals surface area contributed by atoms with Gasteiger partial charge in [0.25, 0.3) is 0 Å². The second-order valence-corrected chi connectivity index (χ2v) is 8.56. The Morgan fingerprint density at radius 1 is 1.07 bits per heavy atom. The summed E-state index contributed by atoms with van der Waals surface area (Å²) in [7, 11) is 0. The summed E-state index contributed by atoms with van der Waals surface area (Å²) in [5.41, 5.74) is 1.01. The van der Waals surface area contributed by atoms with Gasteiger partial charge in [0.15, 0.2) is 5.82 Å². The molecule has 0 saturated carbocycles. The summed E-state index contributed by atoms with van der Waals surface area (Å²) in [6, 6.07) is 12.5. The molecule has 0 bridgehead atoms. The number of hydrogen-bond donors (Lipinski definition) is 0. The van der Waals surface area contributed by atoms with Crippen LogP contribution in [0, 0.1) is 5.92 Å².